The summed E-state index contributed by atoms with van der Waals surface area (Å²) >= 11 is 0. The number of terminal acetylenes is 1. The Labute approximate surface area is 78.5 Å². The van der Waals surface area contributed by atoms with Crippen molar-refractivity contribution in [1.82, 2.24) is 0 Å². The number of halogens is 2. The summed E-state index contributed by atoms with van der Waals surface area (Å²) in [6, 6.07) is 1.56. The number of primary amides is 1. The van der Waals surface area contributed by atoms with Gasteiger partial charge < -0.3 is 10.5 Å². The van der Waals surface area contributed by atoms with Crippen molar-refractivity contribution in [1.29, 1.82) is 0 Å². The molecule has 0 aliphatic rings. The molecule has 0 fully saturated rings. The molecule has 5 heteroatoms. The molecule has 2 N–H and O–H groups in total. The van der Waals surface area contributed by atoms with Gasteiger partial charge in [0.25, 0.3) is 0 Å². The highest BCUT2D eigenvalue weighted by atomic mass is 19.1. The van der Waals surface area contributed by atoms with Crippen LogP contribution in [0.15, 0.2) is 12.1 Å². The lowest BCUT2D eigenvalue weighted by Crippen LogP contribution is -2.16. The molecule has 0 heterocycles. The Morgan fingerprint density at radius 1 is 1.43 bits per heavy atom. The van der Waals surface area contributed by atoms with Crippen LogP contribution in [-0.4, -0.2) is 6.09 Å². The fourth-order valence-electron chi connectivity index (χ4n) is 0.863. The normalized spacial score (nSPS) is 9.21. The third-order valence-corrected chi connectivity index (χ3v) is 1.38. The maximum Gasteiger partial charge on any atom is 0.409 e. The average molecular weight is 197 g/mol. The Kier molecular flexibility index (Phi) is 2.67. The Bertz CT molecular complexity index is 400. The van der Waals surface area contributed by atoms with Crippen molar-refractivity contribution in [3.63, 3.8) is 0 Å². The summed E-state index contributed by atoms with van der Waals surface area (Å²) in [5.74, 6) is -0.470. The number of carbonyl (C=O) groups excluding carboxylic acids is 1. The van der Waals surface area contributed by atoms with E-state index in [0.717, 1.165) is 12.1 Å². The first-order chi connectivity index (χ1) is 6.54. The fourth-order valence-corrected chi connectivity index (χ4v) is 0.863. The van der Waals surface area contributed by atoms with Crippen molar-refractivity contribution in [2.75, 3.05) is 0 Å². The molecule has 0 aliphatic carbocycles. The molecule has 0 bridgehead atoms. The van der Waals surface area contributed by atoms with Crippen molar-refractivity contribution in [3.05, 3.63) is 29.3 Å². The summed E-state index contributed by atoms with van der Waals surface area (Å²) in [5.41, 5.74) is 4.14. The summed E-state index contributed by atoms with van der Waals surface area (Å²) in [4.78, 5) is 10.3. The molecular formula is C9H5F2NO2. The van der Waals surface area contributed by atoms with Crippen LogP contribution >= 0.6 is 0 Å². The zero-order valence-corrected chi connectivity index (χ0v) is 6.88. The number of hydrogen-bond donors (Lipinski definition) is 1. The van der Waals surface area contributed by atoms with Crippen LogP contribution in [-0.2, 0) is 0 Å². The summed E-state index contributed by atoms with van der Waals surface area (Å²) in [6.45, 7) is 0. The first-order valence-electron chi connectivity index (χ1n) is 3.47. The topological polar surface area (TPSA) is 52.3 Å². The Hall–Kier alpha value is -2.09. The molecule has 0 unspecified atom stereocenters. The molecule has 0 radical (unpaired) electrons. The van der Waals surface area contributed by atoms with E-state index in [0.29, 0.717) is 0 Å². The Morgan fingerprint density at radius 3 is 2.29 bits per heavy atom. The van der Waals surface area contributed by atoms with Gasteiger partial charge in [-0.25, -0.2) is 13.6 Å². The lowest BCUT2D eigenvalue weighted by Gasteiger charge is -2.02. The minimum atomic E-state index is -1.16. The smallest absolute Gasteiger partial charge is 0.409 e. The monoisotopic (exact) mass is 197 g/mol. The van der Waals surface area contributed by atoms with Gasteiger partial charge >= 0.3 is 6.09 Å². The highest BCUT2D eigenvalue weighted by molar-refractivity contribution is 5.68. The molecule has 1 aromatic carbocycles. The summed E-state index contributed by atoms with van der Waals surface area (Å²) in [7, 11) is 0. The van der Waals surface area contributed by atoms with Gasteiger partial charge in [0.1, 0.15) is 17.4 Å². The number of rotatable bonds is 1. The van der Waals surface area contributed by atoms with Crippen LogP contribution < -0.4 is 10.5 Å². The molecule has 1 rings (SSSR count). The van der Waals surface area contributed by atoms with E-state index >= 15 is 0 Å². The van der Waals surface area contributed by atoms with Crippen LogP contribution in [0.5, 0.6) is 5.75 Å². The van der Waals surface area contributed by atoms with Crippen LogP contribution in [0.1, 0.15) is 5.56 Å². The second-order valence-electron chi connectivity index (χ2n) is 2.33. The maximum absolute atomic E-state index is 12.9. The van der Waals surface area contributed by atoms with Gasteiger partial charge in [0, 0.05) is 12.1 Å². The summed E-state index contributed by atoms with van der Waals surface area (Å²) in [5, 5.41) is 0. The lowest BCUT2D eigenvalue weighted by molar-refractivity contribution is 0.210. The molecule has 0 aromatic heterocycles. The highest BCUT2D eigenvalue weighted by Crippen LogP contribution is 2.19. The number of benzene rings is 1. The van der Waals surface area contributed by atoms with Crippen molar-refractivity contribution < 1.29 is 18.3 Å². The number of ether oxygens (including phenoxy) is 1. The minimum absolute atomic E-state index is 0.327. The third-order valence-electron chi connectivity index (χ3n) is 1.38. The van der Waals surface area contributed by atoms with E-state index in [1.54, 1.807) is 0 Å². The van der Waals surface area contributed by atoms with E-state index in [4.69, 9.17) is 6.42 Å². The number of hydrogen-bond acceptors (Lipinski definition) is 2. The summed E-state index contributed by atoms with van der Waals surface area (Å²) < 4.78 is 30.2. The standard InChI is InChI=1S/C9H5F2NO2/c1-2-6-7(10)3-5(4-8(6)11)14-9(12)13/h1,3-4H,(H2,12,13). The van der Waals surface area contributed by atoms with Gasteiger partial charge in [-0.15, -0.1) is 6.42 Å². The number of nitrogens with two attached hydrogens (primary N) is 1. The zero-order chi connectivity index (χ0) is 10.7. The Morgan fingerprint density at radius 2 is 1.93 bits per heavy atom. The molecule has 0 saturated carbocycles. The fraction of sp³-hybridized carbons (Fsp3) is 0. The average Bonchev–Trinajstić information content (AvgIpc) is 2.01. The van der Waals surface area contributed by atoms with E-state index in [9.17, 15) is 13.6 Å². The molecule has 0 atom stereocenters. The van der Waals surface area contributed by atoms with Crippen molar-refractivity contribution >= 4 is 6.09 Å². The predicted molar refractivity (Wildman–Crippen MR) is 44.5 cm³/mol. The van der Waals surface area contributed by atoms with E-state index in [2.05, 4.69) is 10.5 Å². The van der Waals surface area contributed by atoms with Gasteiger partial charge in [0.15, 0.2) is 0 Å². The van der Waals surface area contributed by atoms with Crippen LogP contribution in [0.2, 0.25) is 0 Å². The van der Waals surface area contributed by atoms with Crippen molar-refractivity contribution in [2.24, 2.45) is 5.73 Å². The van der Waals surface area contributed by atoms with E-state index in [-0.39, 0.29) is 5.75 Å². The van der Waals surface area contributed by atoms with Gasteiger partial charge in [0.05, 0.1) is 5.56 Å². The second kappa shape index (κ2) is 3.75. The predicted octanol–water partition coefficient (Wildman–Crippen LogP) is 1.40. The molecular weight excluding hydrogens is 192 g/mol. The van der Waals surface area contributed by atoms with E-state index in [1.165, 1.54) is 0 Å². The number of amides is 1. The van der Waals surface area contributed by atoms with Crippen LogP contribution in [0.4, 0.5) is 13.6 Å². The zero-order valence-electron chi connectivity index (χ0n) is 6.88. The molecule has 1 aromatic rings. The van der Waals surface area contributed by atoms with Crippen molar-refractivity contribution in [3.8, 4) is 18.1 Å². The molecule has 0 aliphatic heterocycles. The van der Waals surface area contributed by atoms with Crippen LogP contribution in [0, 0.1) is 24.0 Å². The lowest BCUT2D eigenvalue weighted by atomic mass is 10.2. The molecule has 0 saturated heterocycles. The van der Waals surface area contributed by atoms with Gasteiger partial charge in [-0.05, 0) is 0 Å². The molecule has 1 amide bonds. The Balaban J connectivity index is 3.15. The van der Waals surface area contributed by atoms with Gasteiger partial charge in [-0.1, -0.05) is 5.92 Å². The van der Waals surface area contributed by atoms with Crippen molar-refractivity contribution in [2.45, 2.75) is 0 Å². The van der Waals surface area contributed by atoms with Gasteiger partial charge in [-0.3, -0.25) is 0 Å². The third kappa shape index (κ3) is 1.98. The van der Waals surface area contributed by atoms with E-state index < -0.39 is 23.3 Å². The quantitative estimate of drug-likeness (QED) is 0.692. The van der Waals surface area contributed by atoms with Crippen LogP contribution in [0.25, 0.3) is 0 Å². The van der Waals surface area contributed by atoms with Crippen LogP contribution in [0.3, 0.4) is 0 Å². The SMILES string of the molecule is C#Cc1c(F)cc(OC(N)=O)cc1F. The number of carbonyl (C=O) groups is 1. The first-order valence-corrected chi connectivity index (χ1v) is 3.47. The van der Waals surface area contributed by atoms with E-state index in [1.807, 2.05) is 5.92 Å². The second-order valence-corrected chi connectivity index (χ2v) is 2.33. The minimum Gasteiger partial charge on any atom is -0.410 e. The van der Waals surface area contributed by atoms with Gasteiger partial charge in [-0.2, -0.15) is 0 Å². The molecule has 3 nitrogen and oxygen atoms in total. The largest absolute Gasteiger partial charge is 0.410 e. The molecule has 14 heavy (non-hydrogen) atoms. The maximum atomic E-state index is 12.9. The first kappa shape index (κ1) is 9.99. The molecule has 72 valence electrons. The molecule has 0 spiro atoms. The highest BCUT2D eigenvalue weighted by Gasteiger charge is 2.10. The summed E-state index contributed by atoms with van der Waals surface area (Å²) in [6.07, 6.45) is 3.69. The van der Waals surface area contributed by atoms with Gasteiger partial charge in [0.2, 0.25) is 0 Å².